The fraction of sp³-hybridized carbons (Fsp3) is 0.538. The van der Waals surface area contributed by atoms with Gasteiger partial charge in [0.05, 0.1) is 19.2 Å². The summed E-state index contributed by atoms with van der Waals surface area (Å²) in [5.41, 5.74) is -0.0412. The number of rotatable bonds is 8. The molecule has 3 heterocycles. The SMILES string of the molecule is COCC(c1cc(F)c2oc(C(NC(=O)c3ccnn3C)C3CCC(F)(F)CC3)nc2c1)N1CC(C(F)(F)F)NC1=O. The molecule has 2 aliphatic rings. The summed E-state index contributed by atoms with van der Waals surface area (Å²) in [5.74, 6) is -4.96. The molecule has 1 saturated carbocycles. The molecular formula is C26H28F6N6O4. The lowest BCUT2D eigenvalue weighted by atomic mass is 9.82. The van der Waals surface area contributed by atoms with E-state index in [1.165, 1.54) is 30.1 Å². The van der Waals surface area contributed by atoms with E-state index in [0.717, 1.165) is 11.0 Å². The number of fused-ring (bicyclic) bond motifs is 1. The van der Waals surface area contributed by atoms with Crippen molar-refractivity contribution in [3.05, 3.63) is 47.4 Å². The molecule has 10 nitrogen and oxygen atoms in total. The molecule has 16 heteroatoms. The quantitative estimate of drug-likeness (QED) is 0.363. The van der Waals surface area contributed by atoms with Gasteiger partial charge in [0.15, 0.2) is 11.4 Å². The third-order valence-corrected chi connectivity index (χ3v) is 7.74. The number of aromatic nitrogens is 3. The van der Waals surface area contributed by atoms with E-state index in [1.54, 1.807) is 7.05 Å². The molecule has 228 valence electrons. The van der Waals surface area contributed by atoms with E-state index in [0.29, 0.717) is 0 Å². The Morgan fingerprint density at radius 3 is 2.60 bits per heavy atom. The molecule has 1 aliphatic heterocycles. The molecule has 1 aromatic carbocycles. The second-order valence-corrected chi connectivity index (χ2v) is 10.6. The fourth-order valence-corrected chi connectivity index (χ4v) is 5.48. The average molecular weight is 603 g/mol. The number of oxazole rings is 1. The van der Waals surface area contributed by atoms with Crippen molar-refractivity contribution in [2.45, 2.75) is 55.9 Å². The zero-order valence-corrected chi connectivity index (χ0v) is 22.6. The van der Waals surface area contributed by atoms with Crippen LogP contribution >= 0.6 is 0 Å². The lowest BCUT2D eigenvalue weighted by Gasteiger charge is -2.32. The number of ether oxygens (including phenoxy) is 1. The number of amides is 3. The number of carbonyl (C=O) groups excluding carboxylic acids is 2. The van der Waals surface area contributed by atoms with Crippen LogP contribution in [-0.4, -0.2) is 70.0 Å². The number of nitrogens with zero attached hydrogens (tertiary/aromatic N) is 4. The highest BCUT2D eigenvalue weighted by atomic mass is 19.4. The maximum Gasteiger partial charge on any atom is 0.410 e. The van der Waals surface area contributed by atoms with Gasteiger partial charge in [0.25, 0.3) is 5.91 Å². The molecule has 1 saturated heterocycles. The molecular weight excluding hydrogens is 574 g/mol. The first-order valence-corrected chi connectivity index (χ1v) is 13.2. The zero-order chi connectivity index (χ0) is 30.4. The lowest BCUT2D eigenvalue weighted by molar-refractivity contribution is -0.150. The minimum absolute atomic E-state index is 0.0333. The van der Waals surface area contributed by atoms with Crippen molar-refractivity contribution in [3.63, 3.8) is 0 Å². The Bertz CT molecular complexity index is 1460. The number of benzene rings is 1. The van der Waals surface area contributed by atoms with Crippen LogP contribution < -0.4 is 10.6 Å². The fourth-order valence-electron chi connectivity index (χ4n) is 5.48. The summed E-state index contributed by atoms with van der Waals surface area (Å²) in [6.07, 6.45) is -4.02. The van der Waals surface area contributed by atoms with Crippen LogP contribution in [0.25, 0.3) is 11.1 Å². The van der Waals surface area contributed by atoms with Crippen LogP contribution in [0, 0.1) is 11.7 Å². The smallest absolute Gasteiger partial charge is 0.410 e. The number of methoxy groups -OCH3 is 1. The summed E-state index contributed by atoms with van der Waals surface area (Å²) in [6, 6.07) is -1.35. The van der Waals surface area contributed by atoms with E-state index >= 15 is 4.39 Å². The number of hydrogen-bond donors (Lipinski definition) is 2. The van der Waals surface area contributed by atoms with Gasteiger partial charge < -0.3 is 24.7 Å². The van der Waals surface area contributed by atoms with E-state index in [2.05, 4.69) is 15.4 Å². The molecule has 42 heavy (non-hydrogen) atoms. The first kappa shape index (κ1) is 29.7. The maximum absolute atomic E-state index is 15.4. The molecule has 1 aliphatic carbocycles. The first-order chi connectivity index (χ1) is 19.8. The first-order valence-electron chi connectivity index (χ1n) is 13.2. The molecule has 2 aromatic heterocycles. The molecule has 5 rings (SSSR count). The number of halogens is 6. The number of carbonyl (C=O) groups is 2. The molecule has 3 aromatic rings. The van der Waals surface area contributed by atoms with Crippen LogP contribution in [0.5, 0.6) is 0 Å². The van der Waals surface area contributed by atoms with E-state index in [-0.39, 0.29) is 47.7 Å². The molecule has 3 amide bonds. The predicted octanol–water partition coefficient (Wildman–Crippen LogP) is 4.64. The summed E-state index contributed by atoms with van der Waals surface area (Å²) in [6.45, 7) is -0.957. The normalized spacial score (nSPS) is 21.0. The van der Waals surface area contributed by atoms with Crippen molar-refractivity contribution < 1.29 is 45.1 Å². The monoisotopic (exact) mass is 602 g/mol. The van der Waals surface area contributed by atoms with Gasteiger partial charge in [-0.05, 0) is 42.5 Å². The van der Waals surface area contributed by atoms with Gasteiger partial charge in [-0.3, -0.25) is 9.48 Å². The van der Waals surface area contributed by atoms with Crippen LogP contribution in [-0.2, 0) is 11.8 Å². The van der Waals surface area contributed by atoms with E-state index in [1.807, 2.05) is 5.32 Å². The highest BCUT2D eigenvalue weighted by Crippen LogP contribution is 2.42. The predicted molar refractivity (Wildman–Crippen MR) is 134 cm³/mol. The third-order valence-electron chi connectivity index (χ3n) is 7.74. The summed E-state index contributed by atoms with van der Waals surface area (Å²) < 4.78 is 95.3. The number of hydrogen-bond acceptors (Lipinski definition) is 6. The highest BCUT2D eigenvalue weighted by Gasteiger charge is 2.49. The topological polar surface area (TPSA) is 115 Å². The summed E-state index contributed by atoms with van der Waals surface area (Å²) in [4.78, 5) is 30.8. The summed E-state index contributed by atoms with van der Waals surface area (Å²) in [5, 5.41) is 8.60. The molecule has 3 unspecified atom stereocenters. The Morgan fingerprint density at radius 1 is 1.29 bits per heavy atom. The second-order valence-electron chi connectivity index (χ2n) is 10.6. The average Bonchev–Trinajstić information content (AvgIpc) is 3.64. The van der Waals surface area contributed by atoms with Crippen LogP contribution in [0.15, 0.2) is 28.8 Å². The van der Waals surface area contributed by atoms with Gasteiger partial charge in [-0.25, -0.2) is 22.9 Å². The Hall–Kier alpha value is -3.82. The van der Waals surface area contributed by atoms with Gasteiger partial charge >= 0.3 is 12.2 Å². The minimum atomic E-state index is -4.68. The summed E-state index contributed by atoms with van der Waals surface area (Å²) >= 11 is 0. The highest BCUT2D eigenvalue weighted by molar-refractivity contribution is 5.92. The van der Waals surface area contributed by atoms with E-state index < -0.39 is 73.3 Å². The Balaban J connectivity index is 1.49. The second kappa shape index (κ2) is 11.1. The van der Waals surface area contributed by atoms with Gasteiger partial charge in [0.1, 0.15) is 23.3 Å². The van der Waals surface area contributed by atoms with Gasteiger partial charge in [-0.2, -0.15) is 18.3 Å². The van der Waals surface area contributed by atoms with Crippen molar-refractivity contribution >= 4 is 23.0 Å². The van der Waals surface area contributed by atoms with Crippen molar-refractivity contribution in [3.8, 4) is 0 Å². The Kier molecular flexibility index (Phi) is 7.85. The number of aryl methyl sites for hydroxylation is 1. The van der Waals surface area contributed by atoms with Crippen molar-refractivity contribution in [1.29, 1.82) is 0 Å². The number of nitrogens with one attached hydrogen (secondary N) is 2. The van der Waals surface area contributed by atoms with Gasteiger partial charge in [-0.1, -0.05) is 0 Å². The van der Waals surface area contributed by atoms with Crippen molar-refractivity contribution in [2.24, 2.45) is 13.0 Å². The molecule has 0 spiro atoms. The zero-order valence-electron chi connectivity index (χ0n) is 22.6. The number of urea groups is 1. The van der Waals surface area contributed by atoms with Gasteiger partial charge in [-0.15, -0.1) is 0 Å². The van der Waals surface area contributed by atoms with Gasteiger partial charge in [0.2, 0.25) is 11.8 Å². The maximum atomic E-state index is 15.4. The lowest BCUT2D eigenvalue weighted by Crippen LogP contribution is -2.40. The summed E-state index contributed by atoms with van der Waals surface area (Å²) in [7, 11) is 2.84. The Morgan fingerprint density at radius 2 is 2.00 bits per heavy atom. The van der Waals surface area contributed by atoms with Crippen LogP contribution in [0.2, 0.25) is 0 Å². The molecule has 2 fully saturated rings. The van der Waals surface area contributed by atoms with E-state index in [9.17, 15) is 31.5 Å². The molecule has 0 radical (unpaired) electrons. The molecule has 2 N–H and O–H groups in total. The van der Waals surface area contributed by atoms with Crippen LogP contribution in [0.4, 0.5) is 31.1 Å². The van der Waals surface area contributed by atoms with Crippen molar-refractivity contribution in [2.75, 3.05) is 20.3 Å². The Labute approximate surface area is 235 Å². The molecule has 3 atom stereocenters. The molecule has 0 bridgehead atoms. The largest absolute Gasteiger partial charge is 0.435 e. The standard InChI is InChI=1S/C26H28F6N6O4/c1-37-17(5-8-33-37)22(39)36-20(13-3-6-25(28,29)7-4-13)23-34-16-10-14(9-15(27)21(16)42-23)18(12-41-2)38-11-19(26(30,31)32)35-24(38)40/h5,8-10,13,18-20H,3-4,6-7,11-12H2,1-2H3,(H,35,40)(H,36,39). The van der Waals surface area contributed by atoms with Gasteiger partial charge in [0, 0.05) is 33.2 Å². The van der Waals surface area contributed by atoms with Crippen LogP contribution in [0.1, 0.15) is 59.7 Å². The van der Waals surface area contributed by atoms with Crippen LogP contribution in [0.3, 0.4) is 0 Å². The van der Waals surface area contributed by atoms with Crippen molar-refractivity contribution in [1.82, 2.24) is 30.3 Å². The number of alkyl halides is 5. The van der Waals surface area contributed by atoms with E-state index in [4.69, 9.17) is 9.15 Å². The minimum Gasteiger partial charge on any atom is -0.435 e. The third kappa shape index (κ3) is 5.89.